The summed E-state index contributed by atoms with van der Waals surface area (Å²) in [5.41, 5.74) is 0. The van der Waals surface area contributed by atoms with Crippen LogP contribution < -0.4 is 0 Å². The zero-order valence-electron chi connectivity index (χ0n) is 28.5. The standard InChI is InChI=1S/C36H70O7/c1-3-5-7-9-11-12-13-14-15-16-17-18-20-22-24-26-36(38)43-34-32-41-30-28-39-27-29-40-31-33-42-35(37)25-23-21-19-10-8-6-4-2/h3-34H2,1-2H3. The van der Waals surface area contributed by atoms with E-state index in [4.69, 9.17) is 23.7 Å². The molecular formula is C36H70O7. The molecule has 0 unspecified atom stereocenters. The summed E-state index contributed by atoms with van der Waals surface area (Å²) in [5.74, 6) is -0.267. The van der Waals surface area contributed by atoms with E-state index in [1.807, 2.05) is 0 Å². The number of ether oxygens (including phenoxy) is 5. The first kappa shape index (κ1) is 41.8. The van der Waals surface area contributed by atoms with Gasteiger partial charge in [0.05, 0.1) is 39.6 Å². The van der Waals surface area contributed by atoms with Crippen molar-refractivity contribution in [3.8, 4) is 0 Å². The van der Waals surface area contributed by atoms with Gasteiger partial charge in [-0.25, -0.2) is 0 Å². The molecule has 43 heavy (non-hydrogen) atoms. The summed E-state index contributed by atoms with van der Waals surface area (Å²) in [6, 6.07) is 0. The van der Waals surface area contributed by atoms with E-state index >= 15 is 0 Å². The molecular weight excluding hydrogens is 544 g/mol. The quantitative estimate of drug-likeness (QED) is 0.0513. The molecule has 256 valence electrons. The highest BCUT2D eigenvalue weighted by Gasteiger charge is 2.04. The molecule has 0 saturated heterocycles. The molecule has 0 radical (unpaired) electrons. The average Bonchev–Trinajstić information content (AvgIpc) is 3.01. The predicted molar refractivity (Wildman–Crippen MR) is 177 cm³/mol. The van der Waals surface area contributed by atoms with Crippen LogP contribution in [0.3, 0.4) is 0 Å². The maximum atomic E-state index is 11.9. The van der Waals surface area contributed by atoms with Crippen LogP contribution in [-0.2, 0) is 33.3 Å². The fourth-order valence-electron chi connectivity index (χ4n) is 4.98. The Kier molecular flexibility index (Phi) is 36.0. The minimum atomic E-state index is -0.138. The smallest absolute Gasteiger partial charge is 0.305 e. The summed E-state index contributed by atoms with van der Waals surface area (Å²) in [6.07, 6.45) is 29.1. The van der Waals surface area contributed by atoms with Gasteiger partial charge in [-0.2, -0.15) is 0 Å². The third-order valence-electron chi connectivity index (χ3n) is 7.69. The van der Waals surface area contributed by atoms with Crippen LogP contribution in [0.25, 0.3) is 0 Å². The van der Waals surface area contributed by atoms with Gasteiger partial charge >= 0.3 is 11.9 Å². The maximum absolute atomic E-state index is 11.9. The van der Waals surface area contributed by atoms with Crippen molar-refractivity contribution in [1.29, 1.82) is 0 Å². The predicted octanol–water partition coefficient (Wildman–Crippen LogP) is 9.52. The molecule has 0 fully saturated rings. The molecule has 0 heterocycles. The maximum Gasteiger partial charge on any atom is 0.305 e. The van der Waals surface area contributed by atoms with Gasteiger partial charge in [-0.1, -0.05) is 142 Å². The van der Waals surface area contributed by atoms with Gasteiger partial charge in [0, 0.05) is 12.8 Å². The molecule has 0 saturated carbocycles. The third kappa shape index (κ3) is 36.9. The van der Waals surface area contributed by atoms with Crippen molar-refractivity contribution in [2.75, 3.05) is 52.9 Å². The molecule has 0 bridgehead atoms. The Labute approximate surface area is 265 Å². The van der Waals surface area contributed by atoms with Gasteiger partial charge in [0.15, 0.2) is 0 Å². The van der Waals surface area contributed by atoms with Crippen LogP contribution in [0.15, 0.2) is 0 Å². The fourth-order valence-corrected chi connectivity index (χ4v) is 4.98. The number of carbonyl (C=O) groups is 2. The van der Waals surface area contributed by atoms with E-state index in [1.54, 1.807) is 0 Å². The number of esters is 2. The lowest BCUT2D eigenvalue weighted by Gasteiger charge is -2.08. The van der Waals surface area contributed by atoms with E-state index in [0.29, 0.717) is 59.1 Å². The Hall–Kier alpha value is -1.18. The van der Waals surface area contributed by atoms with Crippen molar-refractivity contribution in [3.63, 3.8) is 0 Å². The fraction of sp³-hybridized carbons (Fsp3) is 0.944. The Morgan fingerprint density at radius 1 is 0.326 bits per heavy atom. The second-order valence-corrected chi connectivity index (χ2v) is 11.8. The van der Waals surface area contributed by atoms with E-state index in [-0.39, 0.29) is 18.5 Å². The average molecular weight is 615 g/mol. The molecule has 0 atom stereocenters. The number of unbranched alkanes of at least 4 members (excludes halogenated alkanes) is 20. The molecule has 0 aromatic heterocycles. The molecule has 0 N–H and O–H groups in total. The Bertz CT molecular complexity index is 570. The van der Waals surface area contributed by atoms with Gasteiger partial charge in [-0.15, -0.1) is 0 Å². The van der Waals surface area contributed by atoms with Crippen LogP contribution in [0.1, 0.15) is 168 Å². The van der Waals surface area contributed by atoms with Crippen LogP contribution in [-0.4, -0.2) is 64.8 Å². The monoisotopic (exact) mass is 615 g/mol. The summed E-state index contributed by atoms with van der Waals surface area (Å²) < 4.78 is 26.8. The van der Waals surface area contributed by atoms with E-state index in [1.165, 1.54) is 116 Å². The second kappa shape index (κ2) is 37.0. The summed E-state index contributed by atoms with van der Waals surface area (Å²) in [7, 11) is 0. The van der Waals surface area contributed by atoms with E-state index in [0.717, 1.165) is 25.7 Å². The highest BCUT2D eigenvalue weighted by molar-refractivity contribution is 5.69. The van der Waals surface area contributed by atoms with Crippen LogP contribution in [0, 0.1) is 0 Å². The van der Waals surface area contributed by atoms with E-state index < -0.39 is 0 Å². The second-order valence-electron chi connectivity index (χ2n) is 11.8. The first-order valence-corrected chi connectivity index (χ1v) is 18.2. The van der Waals surface area contributed by atoms with Crippen molar-refractivity contribution in [2.45, 2.75) is 168 Å². The van der Waals surface area contributed by atoms with Crippen LogP contribution in [0.4, 0.5) is 0 Å². The van der Waals surface area contributed by atoms with Gasteiger partial charge in [-0.05, 0) is 12.8 Å². The van der Waals surface area contributed by atoms with Crippen molar-refractivity contribution in [3.05, 3.63) is 0 Å². The zero-order valence-corrected chi connectivity index (χ0v) is 28.5. The normalized spacial score (nSPS) is 11.2. The van der Waals surface area contributed by atoms with Crippen LogP contribution >= 0.6 is 0 Å². The van der Waals surface area contributed by atoms with Gasteiger partial charge < -0.3 is 23.7 Å². The molecule has 7 heteroatoms. The lowest BCUT2D eigenvalue weighted by Crippen LogP contribution is -2.15. The number of rotatable bonds is 36. The molecule has 0 spiro atoms. The summed E-state index contributed by atoms with van der Waals surface area (Å²) in [4.78, 5) is 23.6. The number of hydrogen-bond donors (Lipinski definition) is 0. The molecule has 0 aromatic carbocycles. The lowest BCUT2D eigenvalue weighted by atomic mass is 10.0. The first-order chi connectivity index (χ1) is 21.2. The van der Waals surface area contributed by atoms with E-state index in [2.05, 4.69) is 13.8 Å². The van der Waals surface area contributed by atoms with Crippen molar-refractivity contribution < 1.29 is 33.3 Å². The van der Waals surface area contributed by atoms with Crippen LogP contribution in [0.5, 0.6) is 0 Å². The Morgan fingerprint density at radius 3 is 0.837 bits per heavy atom. The molecule has 0 aliphatic rings. The SMILES string of the molecule is CCCCCCCCCCCCCCCCCC(=O)OCCOCCOCCOCCOC(=O)CCCCCCCCC. The molecule has 0 rings (SSSR count). The Balaban J connectivity index is 3.21. The molecule has 0 aromatic rings. The largest absolute Gasteiger partial charge is 0.463 e. The van der Waals surface area contributed by atoms with Crippen molar-refractivity contribution in [2.24, 2.45) is 0 Å². The minimum Gasteiger partial charge on any atom is -0.463 e. The third-order valence-corrected chi connectivity index (χ3v) is 7.69. The van der Waals surface area contributed by atoms with Crippen LogP contribution in [0.2, 0.25) is 0 Å². The molecule has 0 aliphatic carbocycles. The minimum absolute atomic E-state index is 0.129. The highest BCUT2D eigenvalue weighted by Crippen LogP contribution is 2.14. The Morgan fingerprint density at radius 2 is 0.558 bits per heavy atom. The molecule has 0 amide bonds. The number of hydrogen-bond acceptors (Lipinski definition) is 7. The van der Waals surface area contributed by atoms with Gasteiger partial charge in [-0.3, -0.25) is 9.59 Å². The topological polar surface area (TPSA) is 80.3 Å². The van der Waals surface area contributed by atoms with E-state index in [9.17, 15) is 9.59 Å². The van der Waals surface area contributed by atoms with Gasteiger partial charge in [0.1, 0.15) is 13.2 Å². The van der Waals surface area contributed by atoms with Crippen molar-refractivity contribution in [1.82, 2.24) is 0 Å². The van der Waals surface area contributed by atoms with Crippen molar-refractivity contribution >= 4 is 11.9 Å². The van der Waals surface area contributed by atoms with Gasteiger partial charge in [0.2, 0.25) is 0 Å². The molecule has 0 aliphatic heterocycles. The van der Waals surface area contributed by atoms with Gasteiger partial charge in [0.25, 0.3) is 0 Å². The highest BCUT2D eigenvalue weighted by atomic mass is 16.6. The summed E-state index contributed by atoms with van der Waals surface area (Å²) in [6.45, 7) is 7.66. The zero-order chi connectivity index (χ0) is 31.3. The lowest BCUT2D eigenvalue weighted by molar-refractivity contribution is -0.146. The first-order valence-electron chi connectivity index (χ1n) is 18.2. The number of carbonyl (C=O) groups excluding carboxylic acids is 2. The summed E-state index contributed by atoms with van der Waals surface area (Å²) >= 11 is 0. The summed E-state index contributed by atoms with van der Waals surface area (Å²) in [5, 5.41) is 0. The molecule has 7 nitrogen and oxygen atoms in total.